The molecule has 0 saturated heterocycles. The molecule has 0 bridgehead atoms. The largest absolute Gasteiger partial charge is 0.394 e. The molecule has 1 aliphatic heterocycles. The highest BCUT2D eigenvalue weighted by molar-refractivity contribution is 5.50. The fourth-order valence-corrected chi connectivity index (χ4v) is 4.00. The van der Waals surface area contributed by atoms with E-state index < -0.39 is 5.66 Å². The zero-order valence-electron chi connectivity index (χ0n) is 17.8. The minimum absolute atomic E-state index is 0.469. The number of unbranched alkanes of at least 4 members (excludes halogenated alkanes) is 9. The molecular weight excluding hydrogens is 334 g/mol. The molecule has 1 N–H and O–H groups in total. The summed E-state index contributed by atoms with van der Waals surface area (Å²) in [5, 5.41) is 0. The van der Waals surface area contributed by atoms with Crippen molar-refractivity contribution in [1.82, 2.24) is 5.48 Å². The van der Waals surface area contributed by atoms with Gasteiger partial charge in [-0.05, 0) is 12.8 Å². The molecule has 2 rings (SSSR count). The molecule has 0 saturated carbocycles. The Morgan fingerprint density at radius 2 is 1.48 bits per heavy atom. The van der Waals surface area contributed by atoms with E-state index in [4.69, 9.17) is 4.84 Å². The third-order valence-electron chi connectivity index (χ3n) is 5.58. The normalized spacial score (nSPS) is 19.4. The van der Waals surface area contributed by atoms with Gasteiger partial charge < -0.3 is 9.32 Å². The van der Waals surface area contributed by atoms with Crippen LogP contribution in [-0.4, -0.2) is 38.1 Å². The first-order valence-electron chi connectivity index (χ1n) is 10.9. The van der Waals surface area contributed by atoms with E-state index in [2.05, 4.69) is 55.8 Å². The molecule has 0 aromatic heterocycles. The summed E-state index contributed by atoms with van der Waals surface area (Å²) >= 11 is 0. The molecule has 0 fully saturated rings. The van der Waals surface area contributed by atoms with Crippen LogP contribution >= 0.6 is 0 Å². The van der Waals surface area contributed by atoms with Crippen LogP contribution in [0.1, 0.15) is 76.7 Å². The van der Waals surface area contributed by atoms with Gasteiger partial charge in [-0.1, -0.05) is 88.6 Å². The fraction of sp³-hybridized carbons (Fsp3) is 0.696. The van der Waals surface area contributed by atoms with E-state index in [1.54, 1.807) is 0 Å². The molecule has 152 valence electrons. The Morgan fingerprint density at radius 1 is 0.889 bits per heavy atom. The lowest BCUT2D eigenvalue weighted by molar-refractivity contribution is -0.895. The summed E-state index contributed by atoms with van der Waals surface area (Å²) in [5.74, 6) is 0. The van der Waals surface area contributed by atoms with Crippen molar-refractivity contribution in [1.29, 1.82) is 0 Å². The van der Waals surface area contributed by atoms with Gasteiger partial charge in [-0.25, -0.2) is 4.99 Å². The minimum atomic E-state index is -0.469. The maximum Gasteiger partial charge on any atom is 0.219 e. The van der Waals surface area contributed by atoms with Gasteiger partial charge in [-0.2, -0.15) is 0 Å². The first-order valence-corrected chi connectivity index (χ1v) is 10.9. The third kappa shape index (κ3) is 7.63. The second-order valence-corrected chi connectivity index (χ2v) is 8.68. The number of aliphatic imine (C=N–C) groups is 1. The van der Waals surface area contributed by atoms with E-state index >= 15 is 0 Å². The SMILES string of the molecule is CCCCCCCCCCCC[N+](C)(C)CC1(c2ccccc2)N=CON1. The summed E-state index contributed by atoms with van der Waals surface area (Å²) in [6.07, 6.45) is 15.3. The molecule has 0 radical (unpaired) electrons. The van der Waals surface area contributed by atoms with Crippen LogP contribution < -0.4 is 5.48 Å². The molecule has 1 aromatic rings. The quantitative estimate of drug-likeness (QED) is 0.349. The first kappa shape index (κ1) is 21.9. The number of hydrogen-bond acceptors (Lipinski definition) is 3. The lowest BCUT2D eigenvalue weighted by atomic mass is 9.99. The van der Waals surface area contributed by atoms with Crippen LogP contribution in [0.5, 0.6) is 0 Å². The minimum Gasteiger partial charge on any atom is -0.394 e. The number of likely N-dealkylation sites (N-methyl/N-ethyl adjacent to an activating group) is 1. The van der Waals surface area contributed by atoms with Crippen LogP contribution in [0, 0.1) is 0 Å². The topological polar surface area (TPSA) is 33.6 Å². The van der Waals surface area contributed by atoms with Crippen molar-refractivity contribution in [2.24, 2.45) is 4.99 Å². The molecule has 0 spiro atoms. The number of rotatable bonds is 14. The lowest BCUT2D eigenvalue weighted by Gasteiger charge is -2.37. The maximum atomic E-state index is 5.31. The molecule has 0 aliphatic carbocycles. The molecular formula is C23H40N3O+. The molecule has 4 heteroatoms. The smallest absolute Gasteiger partial charge is 0.219 e. The number of nitrogens with zero attached hydrogens (tertiary/aromatic N) is 2. The third-order valence-corrected chi connectivity index (χ3v) is 5.58. The average molecular weight is 375 g/mol. The van der Waals surface area contributed by atoms with Crippen molar-refractivity contribution in [2.75, 3.05) is 27.2 Å². The Kier molecular flexibility index (Phi) is 9.29. The van der Waals surface area contributed by atoms with Crippen molar-refractivity contribution in [2.45, 2.75) is 76.8 Å². The van der Waals surface area contributed by atoms with Crippen LogP contribution in [0.2, 0.25) is 0 Å². The summed E-state index contributed by atoms with van der Waals surface area (Å²) in [4.78, 5) is 9.96. The molecule has 27 heavy (non-hydrogen) atoms. The van der Waals surface area contributed by atoms with Gasteiger partial charge in [0, 0.05) is 5.56 Å². The molecule has 1 atom stereocenters. The highest BCUT2D eigenvalue weighted by Gasteiger charge is 2.41. The number of nitrogens with one attached hydrogen (secondary N) is 1. The van der Waals surface area contributed by atoms with Crippen LogP contribution in [0.25, 0.3) is 0 Å². The van der Waals surface area contributed by atoms with Gasteiger partial charge in [0.2, 0.25) is 5.66 Å². The Morgan fingerprint density at radius 3 is 2.04 bits per heavy atom. The standard InChI is InChI=1S/C23H40N3O/c1-4-5-6-7-8-9-10-11-12-16-19-26(2,3)20-23(24-21-27-25-23)22-17-14-13-15-18-22/h13-15,17-18,21,25H,4-12,16,19-20H2,1-3H3/q+1. The van der Waals surface area contributed by atoms with Gasteiger partial charge in [-0.3, -0.25) is 0 Å². The monoisotopic (exact) mass is 374 g/mol. The number of hydroxylamine groups is 1. The van der Waals surface area contributed by atoms with Crippen LogP contribution in [-0.2, 0) is 10.5 Å². The number of hydrogen-bond donors (Lipinski definition) is 1. The summed E-state index contributed by atoms with van der Waals surface area (Å²) in [6.45, 7) is 4.33. The second-order valence-electron chi connectivity index (χ2n) is 8.68. The lowest BCUT2D eigenvalue weighted by Crippen LogP contribution is -2.54. The van der Waals surface area contributed by atoms with Gasteiger partial charge >= 0.3 is 0 Å². The van der Waals surface area contributed by atoms with Crippen molar-refractivity contribution in [3.8, 4) is 0 Å². The van der Waals surface area contributed by atoms with Crippen LogP contribution in [0.15, 0.2) is 35.3 Å². The van der Waals surface area contributed by atoms with Gasteiger partial charge in [0.15, 0.2) is 6.40 Å². The summed E-state index contributed by atoms with van der Waals surface area (Å²) in [5.41, 5.74) is 3.84. The van der Waals surface area contributed by atoms with Gasteiger partial charge in [0.05, 0.1) is 20.6 Å². The molecule has 1 aliphatic rings. The van der Waals surface area contributed by atoms with E-state index in [0.29, 0.717) is 0 Å². The molecule has 1 heterocycles. The molecule has 0 amide bonds. The fourth-order valence-electron chi connectivity index (χ4n) is 4.00. The van der Waals surface area contributed by atoms with E-state index in [1.807, 2.05) is 6.07 Å². The van der Waals surface area contributed by atoms with Gasteiger partial charge in [0.25, 0.3) is 0 Å². The predicted octanol–water partition coefficient (Wildman–Crippen LogP) is 5.40. The number of quaternary nitrogens is 1. The van der Waals surface area contributed by atoms with Gasteiger partial charge in [-0.15, -0.1) is 5.48 Å². The highest BCUT2D eigenvalue weighted by atomic mass is 16.7. The first-order chi connectivity index (χ1) is 13.1. The van der Waals surface area contributed by atoms with Crippen molar-refractivity contribution in [3.63, 3.8) is 0 Å². The van der Waals surface area contributed by atoms with Crippen molar-refractivity contribution >= 4 is 6.40 Å². The Labute approximate surface area is 166 Å². The summed E-state index contributed by atoms with van der Waals surface area (Å²) in [6, 6.07) is 10.4. The molecule has 1 unspecified atom stereocenters. The average Bonchev–Trinajstić information content (AvgIpc) is 3.13. The van der Waals surface area contributed by atoms with E-state index in [9.17, 15) is 0 Å². The summed E-state index contributed by atoms with van der Waals surface area (Å²) in [7, 11) is 4.60. The highest BCUT2D eigenvalue weighted by Crippen LogP contribution is 2.28. The summed E-state index contributed by atoms with van der Waals surface area (Å²) < 4.78 is 0.930. The number of benzene rings is 1. The van der Waals surface area contributed by atoms with E-state index in [1.165, 1.54) is 77.2 Å². The maximum absolute atomic E-state index is 5.31. The molecule has 4 nitrogen and oxygen atoms in total. The van der Waals surface area contributed by atoms with Crippen molar-refractivity contribution in [3.05, 3.63) is 35.9 Å². The van der Waals surface area contributed by atoms with Gasteiger partial charge in [0.1, 0.15) is 6.54 Å². The van der Waals surface area contributed by atoms with Crippen LogP contribution in [0.3, 0.4) is 0 Å². The van der Waals surface area contributed by atoms with E-state index in [0.717, 1.165) is 16.6 Å². The zero-order chi connectivity index (χ0) is 19.4. The second kappa shape index (κ2) is 11.5. The Balaban J connectivity index is 1.68. The van der Waals surface area contributed by atoms with Crippen LogP contribution in [0.4, 0.5) is 0 Å². The zero-order valence-corrected chi connectivity index (χ0v) is 17.8. The Bertz CT molecular complexity index is 544. The predicted molar refractivity (Wildman–Crippen MR) is 115 cm³/mol. The van der Waals surface area contributed by atoms with E-state index in [-0.39, 0.29) is 0 Å². The Hall–Kier alpha value is -1.39. The van der Waals surface area contributed by atoms with Crippen molar-refractivity contribution < 1.29 is 9.32 Å². The molecule has 1 aromatic carbocycles.